The normalized spacial score (nSPS) is 16.5. The number of benzene rings is 3. The Morgan fingerprint density at radius 3 is 2.14 bits per heavy atom. The van der Waals surface area contributed by atoms with Crippen molar-refractivity contribution < 1.29 is 33.6 Å². The van der Waals surface area contributed by atoms with E-state index >= 15 is 0 Å². The van der Waals surface area contributed by atoms with Gasteiger partial charge in [0, 0.05) is 6.54 Å². The molecular formula is C29H29NO7. The van der Waals surface area contributed by atoms with Crippen LogP contribution in [0.15, 0.2) is 72.3 Å². The fraction of sp³-hybridized carbons (Fsp3) is 0.241. The van der Waals surface area contributed by atoms with Crippen molar-refractivity contribution in [2.24, 2.45) is 0 Å². The highest BCUT2D eigenvalue weighted by molar-refractivity contribution is 6.46. The third kappa shape index (κ3) is 4.95. The van der Waals surface area contributed by atoms with Crippen molar-refractivity contribution in [2.75, 3.05) is 35.0 Å². The van der Waals surface area contributed by atoms with Crippen LogP contribution in [-0.2, 0) is 16.0 Å². The van der Waals surface area contributed by atoms with Gasteiger partial charge in [0.25, 0.3) is 11.7 Å². The van der Waals surface area contributed by atoms with E-state index in [1.54, 1.807) is 38.5 Å². The number of ketones is 1. The van der Waals surface area contributed by atoms with Crippen LogP contribution < -0.4 is 18.9 Å². The number of aliphatic hydroxyl groups excluding tert-OH is 1. The molecule has 1 aliphatic heterocycles. The summed E-state index contributed by atoms with van der Waals surface area (Å²) in [6, 6.07) is 18.8. The SMILES string of the molecule is COc1ccc(OC)c(/C(O)=C2\C(=O)C(=O)N(CCc3ccc(OC)c(OC)c3)C2c2ccccc2)c1. The number of hydrogen-bond acceptors (Lipinski definition) is 7. The van der Waals surface area contributed by atoms with Gasteiger partial charge in [-0.2, -0.15) is 0 Å². The highest BCUT2D eigenvalue weighted by Gasteiger charge is 2.46. The van der Waals surface area contributed by atoms with Crippen molar-refractivity contribution in [3.8, 4) is 23.0 Å². The summed E-state index contributed by atoms with van der Waals surface area (Å²) in [6.07, 6.45) is 0.458. The Kier molecular flexibility index (Phi) is 7.67. The Hall–Kier alpha value is -4.46. The van der Waals surface area contributed by atoms with Gasteiger partial charge in [-0.3, -0.25) is 9.59 Å². The standard InChI is InChI=1S/C29H29NO7/c1-34-20-11-13-22(35-2)21(17-20)27(31)25-26(19-8-6-5-7-9-19)30(29(33)28(25)32)15-14-18-10-12-23(36-3)24(16-18)37-4/h5-13,16-17,26,31H,14-15H2,1-4H3/b27-25+. The topological polar surface area (TPSA) is 94.5 Å². The van der Waals surface area contributed by atoms with E-state index in [1.165, 1.54) is 19.1 Å². The van der Waals surface area contributed by atoms with Crippen LogP contribution in [0.25, 0.3) is 5.76 Å². The Morgan fingerprint density at radius 2 is 1.49 bits per heavy atom. The first-order valence-electron chi connectivity index (χ1n) is 11.7. The summed E-state index contributed by atoms with van der Waals surface area (Å²) >= 11 is 0. The number of Topliss-reactive ketones (excluding diaryl/α,β-unsaturated/α-hetero) is 1. The molecule has 0 aromatic heterocycles. The molecule has 3 aromatic carbocycles. The van der Waals surface area contributed by atoms with E-state index in [2.05, 4.69) is 0 Å². The third-order valence-electron chi connectivity index (χ3n) is 6.41. The van der Waals surface area contributed by atoms with Crippen LogP contribution >= 0.6 is 0 Å². The van der Waals surface area contributed by atoms with E-state index < -0.39 is 17.7 Å². The summed E-state index contributed by atoms with van der Waals surface area (Å²) in [7, 11) is 6.09. The number of nitrogens with zero attached hydrogens (tertiary/aromatic N) is 1. The minimum absolute atomic E-state index is 0.00457. The van der Waals surface area contributed by atoms with Gasteiger partial charge in [0.2, 0.25) is 0 Å². The van der Waals surface area contributed by atoms with Gasteiger partial charge in [0.1, 0.15) is 17.3 Å². The van der Waals surface area contributed by atoms with Crippen LogP contribution in [0.3, 0.4) is 0 Å². The number of hydrogen-bond donors (Lipinski definition) is 1. The number of rotatable bonds is 9. The molecule has 192 valence electrons. The molecule has 1 aliphatic rings. The van der Waals surface area contributed by atoms with Crippen LogP contribution in [0, 0.1) is 0 Å². The quantitative estimate of drug-likeness (QED) is 0.263. The first kappa shape index (κ1) is 25.6. The molecule has 4 rings (SSSR count). The van der Waals surface area contributed by atoms with Crippen molar-refractivity contribution in [3.05, 3.63) is 89.0 Å². The summed E-state index contributed by atoms with van der Waals surface area (Å²) in [5.41, 5.74) is 1.87. The number of likely N-dealkylation sites (tertiary alicyclic amines) is 1. The van der Waals surface area contributed by atoms with E-state index in [0.29, 0.717) is 35.0 Å². The summed E-state index contributed by atoms with van der Waals surface area (Å²) in [5.74, 6) is 0.232. The zero-order valence-corrected chi connectivity index (χ0v) is 21.2. The molecule has 1 N–H and O–H groups in total. The molecule has 1 atom stereocenters. The fourth-order valence-corrected chi connectivity index (χ4v) is 4.52. The van der Waals surface area contributed by atoms with Crippen molar-refractivity contribution in [2.45, 2.75) is 12.5 Å². The number of methoxy groups -OCH3 is 4. The number of amides is 1. The molecule has 1 fully saturated rings. The van der Waals surface area contributed by atoms with Crippen LogP contribution in [0.1, 0.15) is 22.7 Å². The first-order chi connectivity index (χ1) is 17.9. The van der Waals surface area contributed by atoms with Crippen molar-refractivity contribution in [1.29, 1.82) is 0 Å². The smallest absolute Gasteiger partial charge is 0.295 e. The lowest BCUT2D eigenvalue weighted by molar-refractivity contribution is -0.139. The van der Waals surface area contributed by atoms with Crippen molar-refractivity contribution >= 4 is 17.4 Å². The largest absolute Gasteiger partial charge is 0.507 e. The Labute approximate surface area is 215 Å². The summed E-state index contributed by atoms with van der Waals surface area (Å²) < 4.78 is 21.4. The Bertz CT molecular complexity index is 1330. The predicted molar refractivity (Wildman–Crippen MR) is 138 cm³/mol. The zero-order chi connectivity index (χ0) is 26.5. The van der Waals surface area contributed by atoms with E-state index in [4.69, 9.17) is 18.9 Å². The van der Waals surface area contributed by atoms with Gasteiger partial charge in [-0.15, -0.1) is 0 Å². The molecule has 37 heavy (non-hydrogen) atoms. The summed E-state index contributed by atoms with van der Waals surface area (Å²) in [4.78, 5) is 28.1. The molecule has 8 heteroatoms. The molecular weight excluding hydrogens is 474 g/mol. The second kappa shape index (κ2) is 11.1. The molecule has 8 nitrogen and oxygen atoms in total. The van der Waals surface area contributed by atoms with Crippen molar-refractivity contribution in [3.63, 3.8) is 0 Å². The van der Waals surface area contributed by atoms with Crippen LogP contribution in [0.2, 0.25) is 0 Å². The van der Waals surface area contributed by atoms with Crippen LogP contribution in [0.5, 0.6) is 23.0 Å². The van der Waals surface area contributed by atoms with Gasteiger partial charge < -0.3 is 29.0 Å². The lowest BCUT2D eigenvalue weighted by Gasteiger charge is -2.25. The van der Waals surface area contributed by atoms with Crippen LogP contribution in [-0.4, -0.2) is 56.7 Å². The summed E-state index contributed by atoms with van der Waals surface area (Å²) in [5, 5.41) is 11.4. The highest BCUT2D eigenvalue weighted by atomic mass is 16.5. The molecule has 0 saturated carbocycles. The van der Waals surface area contributed by atoms with Gasteiger partial charge in [-0.05, 0) is 47.9 Å². The number of ether oxygens (including phenoxy) is 4. The lowest BCUT2D eigenvalue weighted by atomic mass is 9.95. The number of carbonyl (C=O) groups excluding carboxylic acids is 2. The molecule has 1 saturated heterocycles. The molecule has 0 aliphatic carbocycles. The van der Waals surface area contributed by atoms with E-state index in [9.17, 15) is 14.7 Å². The maximum Gasteiger partial charge on any atom is 0.295 e. The molecule has 3 aromatic rings. The van der Waals surface area contributed by atoms with Crippen LogP contribution in [0.4, 0.5) is 0 Å². The van der Waals surface area contributed by atoms with Gasteiger partial charge in [0.05, 0.1) is 45.6 Å². The second-order valence-corrected chi connectivity index (χ2v) is 8.41. The molecule has 1 heterocycles. The molecule has 1 unspecified atom stereocenters. The van der Waals surface area contributed by atoms with Gasteiger partial charge in [-0.25, -0.2) is 0 Å². The average Bonchev–Trinajstić information content (AvgIpc) is 3.20. The number of aliphatic hydroxyl groups is 1. The van der Waals surface area contributed by atoms with E-state index in [0.717, 1.165) is 5.56 Å². The first-order valence-corrected chi connectivity index (χ1v) is 11.7. The molecule has 0 bridgehead atoms. The van der Waals surface area contributed by atoms with Gasteiger partial charge in [-0.1, -0.05) is 36.4 Å². The minimum atomic E-state index is -0.780. The highest BCUT2D eigenvalue weighted by Crippen LogP contribution is 2.41. The molecule has 1 amide bonds. The number of carbonyl (C=O) groups is 2. The van der Waals surface area contributed by atoms with E-state index in [1.807, 2.05) is 42.5 Å². The second-order valence-electron chi connectivity index (χ2n) is 8.41. The fourth-order valence-electron chi connectivity index (χ4n) is 4.52. The van der Waals surface area contributed by atoms with Crippen molar-refractivity contribution in [1.82, 2.24) is 4.90 Å². The maximum absolute atomic E-state index is 13.3. The Morgan fingerprint density at radius 1 is 0.811 bits per heavy atom. The predicted octanol–water partition coefficient (Wildman–Crippen LogP) is 4.39. The average molecular weight is 504 g/mol. The van der Waals surface area contributed by atoms with Gasteiger partial charge >= 0.3 is 0 Å². The third-order valence-corrected chi connectivity index (χ3v) is 6.41. The van der Waals surface area contributed by atoms with Gasteiger partial charge in [0.15, 0.2) is 11.5 Å². The maximum atomic E-state index is 13.3. The Balaban J connectivity index is 1.77. The van der Waals surface area contributed by atoms with E-state index in [-0.39, 0.29) is 23.4 Å². The summed E-state index contributed by atoms with van der Waals surface area (Å²) in [6.45, 7) is 0.242. The minimum Gasteiger partial charge on any atom is -0.507 e. The monoisotopic (exact) mass is 503 g/mol. The molecule has 0 radical (unpaired) electrons. The lowest BCUT2D eigenvalue weighted by Crippen LogP contribution is -2.31. The zero-order valence-electron chi connectivity index (χ0n) is 21.2. The molecule has 0 spiro atoms.